The van der Waals surface area contributed by atoms with Crippen molar-refractivity contribution in [3.05, 3.63) is 0 Å². The first-order chi connectivity index (χ1) is 11.1. The number of urea groups is 1. The van der Waals surface area contributed by atoms with E-state index in [-0.39, 0.29) is 17.4 Å². The SMILES string of the molecule is O=C1NC[C@H](C(=O)N2CCC3(CCC(=O)N(C4CC4)C3)CC2)N1. The number of carbonyl (C=O) groups excluding carboxylic acids is 3. The van der Waals surface area contributed by atoms with Crippen LogP contribution in [0.3, 0.4) is 0 Å². The monoisotopic (exact) mass is 320 g/mol. The van der Waals surface area contributed by atoms with Gasteiger partial charge in [0.05, 0.1) is 0 Å². The predicted molar refractivity (Wildman–Crippen MR) is 82.5 cm³/mol. The third-order valence-corrected chi connectivity index (χ3v) is 5.89. The zero-order valence-electron chi connectivity index (χ0n) is 13.3. The van der Waals surface area contributed by atoms with Crippen molar-refractivity contribution >= 4 is 17.8 Å². The van der Waals surface area contributed by atoms with Crippen molar-refractivity contribution in [3.63, 3.8) is 0 Å². The molecule has 2 N–H and O–H groups in total. The summed E-state index contributed by atoms with van der Waals surface area (Å²) in [5.74, 6) is 0.334. The van der Waals surface area contributed by atoms with Gasteiger partial charge in [0.25, 0.3) is 0 Å². The average molecular weight is 320 g/mol. The minimum absolute atomic E-state index is 0.0177. The third kappa shape index (κ3) is 2.77. The van der Waals surface area contributed by atoms with Crippen LogP contribution >= 0.6 is 0 Å². The Kier molecular flexibility index (Phi) is 3.46. The lowest BCUT2D eigenvalue weighted by Gasteiger charge is -2.47. The summed E-state index contributed by atoms with van der Waals surface area (Å²) < 4.78 is 0. The molecule has 4 rings (SSSR count). The van der Waals surface area contributed by atoms with Gasteiger partial charge in [-0.2, -0.15) is 0 Å². The minimum atomic E-state index is -0.424. The average Bonchev–Trinajstić information content (AvgIpc) is 3.31. The van der Waals surface area contributed by atoms with Gasteiger partial charge in [0.1, 0.15) is 6.04 Å². The van der Waals surface area contributed by atoms with Crippen molar-refractivity contribution in [2.45, 2.75) is 50.6 Å². The molecule has 0 aromatic rings. The first-order valence-corrected chi connectivity index (χ1v) is 8.69. The molecule has 3 heterocycles. The van der Waals surface area contributed by atoms with Gasteiger partial charge in [0.2, 0.25) is 11.8 Å². The molecule has 126 valence electrons. The van der Waals surface area contributed by atoms with Crippen LogP contribution < -0.4 is 10.6 Å². The van der Waals surface area contributed by atoms with Gasteiger partial charge < -0.3 is 20.4 Å². The summed E-state index contributed by atoms with van der Waals surface area (Å²) >= 11 is 0. The van der Waals surface area contributed by atoms with Crippen LogP contribution in [0.4, 0.5) is 4.79 Å². The quantitative estimate of drug-likeness (QED) is 0.755. The van der Waals surface area contributed by atoms with Crippen LogP contribution in [0.2, 0.25) is 0 Å². The summed E-state index contributed by atoms with van der Waals surface area (Å²) in [4.78, 5) is 39.7. The highest BCUT2D eigenvalue weighted by Crippen LogP contribution is 2.43. The number of nitrogens with zero attached hydrogens (tertiary/aromatic N) is 2. The molecule has 0 unspecified atom stereocenters. The Bertz CT molecular complexity index is 537. The van der Waals surface area contributed by atoms with Crippen LogP contribution in [0.5, 0.6) is 0 Å². The molecule has 0 bridgehead atoms. The van der Waals surface area contributed by atoms with E-state index in [4.69, 9.17) is 0 Å². The van der Waals surface area contributed by atoms with E-state index in [0.717, 1.165) is 51.7 Å². The normalized spacial score (nSPS) is 30.3. The Labute approximate surface area is 135 Å². The summed E-state index contributed by atoms with van der Waals surface area (Å²) in [6.45, 7) is 2.72. The number of hydrogen-bond donors (Lipinski definition) is 2. The zero-order valence-corrected chi connectivity index (χ0v) is 13.3. The van der Waals surface area contributed by atoms with E-state index in [2.05, 4.69) is 15.5 Å². The van der Waals surface area contributed by atoms with Gasteiger partial charge in [-0.05, 0) is 37.5 Å². The van der Waals surface area contributed by atoms with Crippen molar-refractivity contribution in [2.24, 2.45) is 5.41 Å². The number of amides is 4. The lowest BCUT2D eigenvalue weighted by Crippen LogP contribution is -2.55. The maximum absolute atomic E-state index is 12.5. The van der Waals surface area contributed by atoms with E-state index in [9.17, 15) is 14.4 Å². The van der Waals surface area contributed by atoms with Crippen LogP contribution in [0.15, 0.2) is 0 Å². The molecule has 4 fully saturated rings. The maximum atomic E-state index is 12.5. The Morgan fingerprint density at radius 1 is 1.13 bits per heavy atom. The number of piperidine rings is 2. The van der Waals surface area contributed by atoms with E-state index in [0.29, 0.717) is 24.9 Å². The summed E-state index contributed by atoms with van der Waals surface area (Å²) in [5.41, 5.74) is 0.199. The van der Waals surface area contributed by atoms with Gasteiger partial charge in [-0.3, -0.25) is 9.59 Å². The highest BCUT2D eigenvalue weighted by atomic mass is 16.2. The molecular weight excluding hydrogens is 296 g/mol. The van der Waals surface area contributed by atoms with E-state index in [1.807, 2.05) is 4.90 Å². The second-order valence-electron chi connectivity index (χ2n) is 7.49. The van der Waals surface area contributed by atoms with Crippen molar-refractivity contribution in [1.29, 1.82) is 0 Å². The van der Waals surface area contributed by atoms with Gasteiger partial charge in [-0.1, -0.05) is 0 Å². The van der Waals surface area contributed by atoms with E-state index in [1.54, 1.807) is 0 Å². The van der Waals surface area contributed by atoms with Gasteiger partial charge in [0, 0.05) is 38.6 Å². The number of rotatable bonds is 2. The molecule has 1 atom stereocenters. The fraction of sp³-hybridized carbons (Fsp3) is 0.812. The first-order valence-electron chi connectivity index (χ1n) is 8.69. The highest BCUT2D eigenvalue weighted by molar-refractivity contribution is 5.90. The zero-order chi connectivity index (χ0) is 16.0. The van der Waals surface area contributed by atoms with Crippen LogP contribution in [-0.4, -0.2) is 65.9 Å². The summed E-state index contributed by atoms with van der Waals surface area (Å²) in [5, 5.41) is 5.30. The predicted octanol–water partition coefficient (Wildman–Crippen LogP) is 0.0614. The third-order valence-electron chi connectivity index (χ3n) is 5.89. The van der Waals surface area contributed by atoms with Crippen molar-refractivity contribution in [3.8, 4) is 0 Å². The molecule has 23 heavy (non-hydrogen) atoms. The first kappa shape index (κ1) is 14.8. The van der Waals surface area contributed by atoms with Gasteiger partial charge in [-0.15, -0.1) is 0 Å². The standard InChI is InChI=1S/C16H24N4O3/c21-13-3-4-16(10-20(13)11-1-2-11)5-7-19(8-6-16)14(22)12-9-17-15(23)18-12/h11-12H,1-10H2,(H2,17,18,23)/t12-/m1/s1. The largest absolute Gasteiger partial charge is 0.341 e. The van der Waals surface area contributed by atoms with Crippen LogP contribution in [-0.2, 0) is 9.59 Å². The fourth-order valence-corrected chi connectivity index (χ4v) is 4.20. The summed E-state index contributed by atoms with van der Waals surface area (Å²) in [6.07, 6.45) is 5.85. The Morgan fingerprint density at radius 3 is 2.48 bits per heavy atom. The lowest BCUT2D eigenvalue weighted by atomic mass is 9.72. The van der Waals surface area contributed by atoms with E-state index in [1.165, 1.54) is 0 Å². The number of hydrogen-bond acceptors (Lipinski definition) is 3. The number of carbonyl (C=O) groups is 3. The fourth-order valence-electron chi connectivity index (χ4n) is 4.20. The minimum Gasteiger partial charge on any atom is -0.341 e. The molecule has 0 radical (unpaired) electrons. The molecule has 0 aromatic carbocycles. The molecule has 3 saturated heterocycles. The molecule has 7 nitrogen and oxygen atoms in total. The topological polar surface area (TPSA) is 81.8 Å². The van der Waals surface area contributed by atoms with Crippen LogP contribution in [0.1, 0.15) is 38.5 Å². The summed E-state index contributed by atoms with van der Waals surface area (Å²) in [7, 11) is 0. The number of nitrogens with one attached hydrogen (secondary N) is 2. The molecule has 4 aliphatic rings. The molecular formula is C16H24N4O3. The Balaban J connectivity index is 1.36. The molecule has 1 saturated carbocycles. The van der Waals surface area contributed by atoms with Crippen molar-refractivity contribution in [1.82, 2.24) is 20.4 Å². The van der Waals surface area contributed by atoms with Gasteiger partial charge >= 0.3 is 6.03 Å². The molecule has 3 aliphatic heterocycles. The molecule has 0 aromatic heterocycles. The van der Waals surface area contributed by atoms with Gasteiger partial charge in [0.15, 0.2) is 0 Å². The summed E-state index contributed by atoms with van der Waals surface area (Å²) in [6, 6.07) is -0.200. The van der Waals surface area contributed by atoms with Crippen molar-refractivity contribution < 1.29 is 14.4 Å². The van der Waals surface area contributed by atoms with E-state index >= 15 is 0 Å². The smallest absolute Gasteiger partial charge is 0.315 e. The second kappa shape index (κ2) is 5.39. The molecule has 1 aliphatic carbocycles. The molecule has 7 heteroatoms. The number of likely N-dealkylation sites (tertiary alicyclic amines) is 2. The molecule has 4 amide bonds. The maximum Gasteiger partial charge on any atom is 0.315 e. The van der Waals surface area contributed by atoms with Crippen molar-refractivity contribution in [2.75, 3.05) is 26.2 Å². The lowest BCUT2D eigenvalue weighted by molar-refractivity contribution is -0.143. The van der Waals surface area contributed by atoms with E-state index < -0.39 is 6.04 Å². The van der Waals surface area contributed by atoms with Crippen LogP contribution in [0.25, 0.3) is 0 Å². The Hall–Kier alpha value is -1.79. The van der Waals surface area contributed by atoms with Crippen LogP contribution in [0, 0.1) is 5.41 Å². The second-order valence-corrected chi connectivity index (χ2v) is 7.49. The highest BCUT2D eigenvalue weighted by Gasteiger charge is 2.46. The van der Waals surface area contributed by atoms with Gasteiger partial charge in [-0.25, -0.2) is 4.79 Å². The molecule has 1 spiro atoms. The Morgan fingerprint density at radius 2 is 1.87 bits per heavy atom.